The second-order valence-electron chi connectivity index (χ2n) is 9.27. The zero-order chi connectivity index (χ0) is 22.6. The van der Waals surface area contributed by atoms with Crippen LogP contribution < -0.4 is 10.6 Å². The molecule has 0 radical (unpaired) electrons. The Morgan fingerprint density at radius 3 is 2.59 bits per heavy atom. The third-order valence-electron chi connectivity index (χ3n) is 7.17. The van der Waals surface area contributed by atoms with E-state index in [-0.39, 0.29) is 5.91 Å². The third kappa shape index (κ3) is 3.36. The Balaban J connectivity index is 1.15. The van der Waals surface area contributed by atoms with E-state index in [4.69, 9.17) is 30.8 Å². The van der Waals surface area contributed by atoms with Crippen LogP contribution in [0, 0.1) is 5.41 Å². The fourth-order valence-corrected chi connectivity index (χ4v) is 5.64. The molecule has 1 aromatic heterocycles. The van der Waals surface area contributed by atoms with Crippen molar-refractivity contribution in [3.63, 3.8) is 0 Å². The lowest BCUT2D eigenvalue weighted by Gasteiger charge is -2.60. The molecule has 2 aromatic rings. The number of carbonyl (C=O) groups is 1. The number of halogens is 1. The van der Waals surface area contributed by atoms with Crippen molar-refractivity contribution in [3.8, 4) is 0 Å². The van der Waals surface area contributed by atoms with Gasteiger partial charge in [0.05, 0.1) is 10.9 Å². The fraction of sp³-hybridized carbons (Fsp3) is 0.565. The molecule has 0 spiro atoms. The molecule has 5 heterocycles. The molecule has 0 aliphatic carbocycles. The summed E-state index contributed by atoms with van der Waals surface area (Å²) in [6, 6.07) is 7.52. The van der Waals surface area contributed by atoms with Crippen molar-refractivity contribution >= 4 is 34.1 Å². The Labute approximate surface area is 191 Å². The number of amides is 1. The number of hydrogen-bond donors (Lipinski definition) is 2. The molecule has 4 aliphatic heterocycles. The van der Waals surface area contributed by atoms with Crippen LogP contribution in [0.4, 0.5) is 5.69 Å². The molecule has 32 heavy (non-hydrogen) atoms. The van der Waals surface area contributed by atoms with Gasteiger partial charge in [0.15, 0.2) is 5.79 Å². The van der Waals surface area contributed by atoms with Crippen molar-refractivity contribution in [1.82, 2.24) is 10.3 Å². The lowest BCUT2D eigenvalue weighted by Crippen LogP contribution is -2.70. The van der Waals surface area contributed by atoms with E-state index in [1.807, 2.05) is 45.0 Å². The lowest BCUT2D eigenvalue weighted by atomic mass is 9.63. The van der Waals surface area contributed by atoms with Crippen LogP contribution >= 0.6 is 11.6 Å². The zero-order valence-corrected chi connectivity index (χ0v) is 19.3. The number of nitrogens with zero attached hydrogens (tertiary/aromatic N) is 1. The van der Waals surface area contributed by atoms with Crippen molar-refractivity contribution in [2.45, 2.75) is 63.8 Å². The number of nitrogens with one attached hydrogen (secondary N) is 2. The topological polar surface area (TPSA) is 90.9 Å². The summed E-state index contributed by atoms with van der Waals surface area (Å²) in [6.45, 7) is 6.75. The molecule has 4 fully saturated rings. The zero-order valence-electron chi connectivity index (χ0n) is 18.5. The summed E-state index contributed by atoms with van der Waals surface area (Å²) in [7, 11) is 0. The van der Waals surface area contributed by atoms with Gasteiger partial charge in [-0.1, -0.05) is 11.6 Å². The summed E-state index contributed by atoms with van der Waals surface area (Å²) < 4.78 is 12.2. The van der Waals surface area contributed by atoms with Crippen LogP contribution in [-0.2, 0) is 24.0 Å². The van der Waals surface area contributed by atoms with Crippen LogP contribution in [0.2, 0.25) is 5.02 Å². The molecule has 6 rings (SSSR count). The van der Waals surface area contributed by atoms with Crippen LogP contribution in [0.3, 0.4) is 0 Å². The van der Waals surface area contributed by atoms with Gasteiger partial charge in [-0.15, -0.1) is 0 Å². The van der Waals surface area contributed by atoms with Gasteiger partial charge in [0.2, 0.25) is 17.5 Å². The molecule has 4 aliphatic rings. The molecular weight excluding hydrogens is 434 g/mol. The minimum atomic E-state index is -0.930. The number of ether oxygens (including phenoxy) is 2. The predicted octanol–water partition coefficient (Wildman–Crippen LogP) is 4.13. The highest BCUT2D eigenvalue weighted by atomic mass is 35.5. The highest BCUT2D eigenvalue weighted by molar-refractivity contribution is 6.31. The average Bonchev–Trinajstić information content (AvgIpc) is 2.89. The van der Waals surface area contributed by atoms with Gasteiger partial charge in [0.25, 0.3) is 0 Å². The second-order valence-corrected chi connectivity index (χ2v) is 9.71. The molecule has 1 amide bonds. The van der Waals surface area contributed by atoms with Crippen molar-refractivity contribution in [2.24, 2.45) is 5.41 Å². The number of fused-ring (bicyclic) bond motifs is 2. The van der Waals surface area contributed by atoms with Crippen LogP contribution in [-0.4, -0.2) is 41.3 Å². The summed E-state index contributed by atoms with van der Waals surface area (Å²) in [5.74, 6) is -2.61. The molecule has 172 valence electrons. The van der Waals surface area contributed by atoms with Crippen LogP contribution in [0.25, 0.3) is 10.9 Å². The van der Waals surface area contributed by atoms with E-state index >= 15 is 0 Å². The van der Waals surface area contributed by atoms with Crippen molar-refractivity contribution in [3.05, 3.63) is 35.5 Å². The van der Waals surface area contributed by atoms with Gasteiger partial charge in [-0.05, 0) is 57.9 Å². The maximum absolute atomic E-state index is 12.6. The maximum atomic E-state index is 12.6. The Kier molecular flexibility index (Phi) is 5.14. The average molecular weight is 462 g/mol. The molecule has 4 bridgehead atoms. The number of benzene rings is 1. The first-order valence-electron chi connectivity index (χ1n) is 11.0. The largest absolute Gasteiger partial charge is 0.383 e. The van der Waals surface area contributed by atoms with E-state index < -0.39 is 22.8 Å². The molecule has 2 N–H and O–H groups in total. The summed E-state index contributed by atoms with van der Waals surface area (Å²) in [6.07, 6.45) is 4.16. The van der Waals surface area contributed by atoms with Gasteiger partial charge < -0.3 is 20.1 Å². The Morgan fingerprint density at radius 2 is 1.84 bits per heavy atom. The molecule has 0 saturated carbocycles. The van der Waals surface area contributed by atoms with E-state index in [0.29, 0.717) is 31.0 Å². The van der Waals surface area contributed by atoms with Gasteiger partial charge in [-0.3, -0.25) is 9.78 Å². The number of hydrogen-bond acceptors (Lipinski definition) is 7. The Bertz CT molecular complexity index is 1050. The quantitative estimate of drug-likeness (QED) is 0.473. The number of aromatic nitrogens is 1. The van der Waals surface area contributed by atoms with Crippen molar-refractivity contribution in [2.75, 3.05) is 18.4 Å². The van der Waals surface area contributed by atoms with Gasteiger partial charge in [-0.25, -0.2) is 0 Å². The summed E-state index contributed by atoms with van der Waals surface area (Å²) in [4.78, 5) is 28.1. The van der Waals surface area contributed by atoms with Crippen molar-refractivity contribution in [1.29, 1.82) is 0 Å². The first-order valence-corrected chi connectivity index (χ1v) is 11.4. The van der Waals surface area contributed by atoms with Crippen molar-refractivity contribution < 1.29 is 24.0 Å². The number of anilines is 1. The minimum Gasteiger partial charge on any atom is -0.383 e. The van der Waals surface area contributed by atoms with Gasteiger partial charge >= 0.3 is 0 Å². The molecule has 4 atom stereocenters. The highest BCUT2D eigenvalue weighted by Crippen LogP contribution is 2.68. The monoisotopic (exact) mass is 461 g/mol. The van der Waals surface area contributed by atoms with E-state index in [9.17, 15) is 4.79 Å². The fourth-order valence-electron chi connectivity index (χ4n) is 5.47. The van der Waals surface area contributed by atoms with Crippen LogP contribution in [0.5, 0.6) is 0 Å². The predicted molar refractivity (Wildman–Crippen MR) is 119 cm³/mol. The van der Waals surface area contributed by atoms with E-state index in [1.54, 1.807) is 6.20 Å². The molecule has 1 aromatic carbocycles. The van der Waals surface area contributed by atoms with Gasteiger partial charge in [0.1, 0.15) is 0 Å². The Morgan fingerprint density at radius 1 is 1.09 bits per heavy atom. The first-order chi connectivity index (χ1) is 15.2. The number of pyridine rings is 1. The minimum absolute atomic E-state index is 0.0296. The Hall–Kier alpha value is -1.97. The van der Waals surface area contributed by atoms with Crippen LogP contribution in [0.15, 0.2) is 30.5 Å². The molecule has 9 heteroatoms. The molecule has 4 saturated heterocycles. The summed E-state index contributed by atoms with van der Waals surface area (Å²) >= 11 is 6.05. The van der Waals surface area contributed by atoms with Crippen LogP contribution in [0.1, 0.15) is 46.5 Å². The number of carbonyl (C=O) groups excluding carboxylic acids is 1. The standard InChI is InChI=1S/C23H28ClN3O5/c1-20-9-10-23(21(2,29-20)31-32-22(23,3)30-20)8-6-19(28)27-13-12-26-17-7-11-25-18-14-15(24)4-5-16(17)18/h4-5,7,11,14H,6,8-10,12-13H2,1-3H3,(H,25,26)(H,27,28)/t20?,21-,22+,23?. The second kappa shape index (κ2) is 7.53. The summed E-state index contributed by atoms with van der Waals surface area (Å²) in [5.41, 5.74) is 1.24. The third-order valence-corrected chi connectivity index (χ3v) is 7.41. The van der Waals surface area contributed by atoms with Gasteiger partial charge in [0, 0.05) is 48.2 Å². The smallest absolute Gasteiger partial charge is 0.220 e. The summed E-state index contributed by atoms with van der Waals surface area (Å²) in [5, 5.41) is 7.98. The molecular formula is C23H28ClN3O5. The molecule has 2 unspecified atom stereocenters. The lowest BCUT2D eigenvalue weighted by molar-refractivity contribution is -0.455. The van der Waals surface area contributed by atoms with E-state index in [2.05, 4.69) is 15.6 Å². The number of rotatable bonds is 7. The normalized spacial score (nSPS) is 35.2. The first kappa shape index (κ1) is 21.9. The maximum Gasteiger partial charge on any atom is 0.220 e. The van der Waals surface area contributed by atoms with Gasteiger partial charge in [-0.2, -0.15) is 9.78 Å². The highest BCUT2D eigenvalue weighted by Gasteiger charge is 2.78. The molecule has 8 nitrogen and oxygen atoms in total. The SMILES string of the molecule is CC12CCC3(CCC(=O)NCCNc4ccnc5cc(Cl)ccc45)[C@@](C)(OO[C@]3(C)O1)O2. The van der Waals surface area contributed by atoms with E-state index in [1.165, 1.54) is 0 Å². The van der Waals surface area contributed by atoms with E-state index in [0.717, 1.165) is 29.4 Å².